The third-order valence-electron chi connectivity index (χ3n) is 5.50. The van der Waals surface area contributed by atoms with E-state index in [0.29, 0.717) is 19.1 Å². The van der Waals surface area contributed by atoms with Gasteiger partial charge in [0.25, 0.3) is 0 Å². The van der Waals surface area contributed by atoms with Crippen LogP contribution in [0.2, 0.25) is 0 Å². The van der Waals surface area contributed by atoms with Gasteiger partial charge in [0.15, 0.2) is 5.96 Å². The fourth-order valence-electron chi connectivity index (χ4n) is 3.84. The molecular formula is C20H36IN7O2. The van der Waals surface area contributed by atoms with Crippen molar-refractivity contribution in [2.24, 2.45) is 10.9 Å². The van der Waals surface area contributed by atoms with Crippen molar-refractivity contribution >= 4 is 35.9 Å². The second kappa shape index (κ2) is 13.9. The second-order valence-electron chi connectivity index (χ2n) is 7.52. The molecule has 0 saturated carbocycles. The number of guanidine groups is 1. The Morgan fingerprint density at radius 1 is 1.17 bits per heavy atom. The number of ether oxygens (including phenoxy) is 2. The minimum atomic E-state index is 0. The summed E-state index contributed by atoms with van der Waals surface area (Å²) in [6.07, 6.45) is 4.76. The molecule has 2 fully saturated rings. The van der Waals surface area contributed by atoms with E-state index in [2.05, 4.69) is 35.0 Å². The van der Waals surface area contributed by atoms with Gasteiger partial charge >= 0.3 is 0 Å². The van der Waals surface area contributed by atoms with Gasteiger partial charge in [-0.05, 0) is 12.5 Å². The Morgan fingerprint density at radius 3 is 2.63 bits per heavy atom. The average Bonchev–Trinajstić information content (AvgIpc) is 3.24. The molecule has 0 amide bonds. The van der Waals surface area contributed by atoms with Gasteiger partial charge in [-0.25, -0.2) is 9.97 Å². The Kier molecular flexibility index (Phi) is 11.6. The number of aromatic nitrogens is 2. The molecule has 9 nitrogen and oxygen atoms in total. The highest BCUT2D eigenvalue weighted by Crippen LogP contribution is 2.16. The number of nitrogens with one attached hydrogen (secondary N) is 1. The van der Waals surface area contributed by atoms with Crippen molar-refractivity contribution < 1.29 is 9.47 Å². The van der Waals surface area contributed by atoms with Crippen molar-refractivity contribution in [1.82, 2.24) is 25.1 Å². The summed E-state index contributed by atoms with van der Waals surface area (Å²) < 4.78 is 10.7. The van der Waals surface area contributed by atoms with Crippen molar-refractivity contribution in [1.29, 1.82) is 0 Å². The molecule has 0 spiro atoms. The van der Waals surface area contributed by atoms with Crippen LogP contribution in [-0.4, -0.2) is 112 Å². The number of methoxy groups -OCH3 is 1. The molecule has 10 heteroatoms. The first-order valence-corrected chi connectivity index (χ1v) is 10.6. The third kappa shape index (κ3) is 7.78. The van der Waals surface area contributed by atoms with E-state index in [0.717, 1.165) is 77.3 Å². The van der Waals surface area contributed by atoms with Gasteiger partial charge in [0, 0.05) is 84.8 Å². The van der Waals surface area contributed by atoms with Gasteiger partial charge in [-0.1, -0.05) is 0 Å². The molecule has 2 saturated heterocycles. The van der Waals surface area contributed by atoms with E-state index in [1.807, 2.05) is 13.1 Å². The first-order valence-electron chi connectivity index (χ1n) is 10.6. The number of aliphatic imine (C=N–C) groups is 1. The molecule has 2 aliphatic rings. The Morgan fingerprint density at radius 2 is 1.93 bits per heavy atom. The fourth-order valence-corrected chi connectivity index (χ4v) is 3.84. The predicted octanol–water partition coefficient (Wildman–Crippen LogP) is 0.777. The lowest BCUT2D eigenvalue weighted by molar-refractivity contribution is 0.0536. The molecule has 0 radical (unpaired) electrons. The smallest absolute Gasteiger partial charge is 0.225 e. The van der Waals surface area contributed by atoms with Crippen molar-refractivity contribution in [2.45, 2.75) is 6.42 Å². The first kappa shape index (κ1) is 25.0. The molecule has 170 valence electrons. The summed E-state index contributed by atoms with van der Waals surface area (Å²) >= 11 is 0. The number of rotatable bonds is 9. The SMILES string of the molecule is CN=C(NCCN1CCN(c2ncccn2)CC1)N1CCC(COCCOC)C1.I. The van der Waals surface area contributed by atoms with E-state index in [1.165, 1.54) is 0 Å². The molecule has 3 heterocycles. The van der Waals surface area contributed by atoms with Crippen LogP contribution in [-0.2, 0) is 9.47 Å². The Balaban J connectivity index is 0.00000320. The topological polar surface area (TPSA) is 78.4 Å². The van der Waals surface area contributed by atoms with E-state index >= 15 is 0 Å². The monoisotopic (exact) mass is 533 g/mol. The highest BCUT2D eigenvalue weighted by Gasteiger charge is 2.25. The van der Waals surface area contributed by atoms with Crippen LogP contribution < -0.4 is 10.2 Å². The zero-order chi connectivity index (χ0) is 20.3. The highest BCUT2D eigenvalue weighted by molar-refractivity contribution is 14.0. The van der Waals surface area contributed by atoms with E-state index in [4.69, 9.17) is 9.47 Å². The minimum Gasteiger partial charge on any atom is -0.382 e. The molecule has 30 heavy (non-hydrogen) atoms. The summed E-state index contributed by atoms with van der Waals surface area (Å²) in [5, 5.41) is 3.53. The molecule has 3 rings (SSSR count). The lowest BCUT2D eigenvalue weighted by Gasteiger charge is -2.34. The number of hydrogen-bond acceptors (Lipinski definition) is 7. The average molecular weight is 533 g/mol. The van der Waals surface area contributed by atoms with Crippen molar-refractivity contribution in [3.05, 3.63) is 18.5 Å². The Bertz CT molecular complexity index is 614. The lowest BCUT2D eigenvalue weighted by Crippen LogP contribution is -2.50. The summed E-state index contributed by atoms with van der Waals surface area (Å²) in [7, 11) is 3.57. The molecule has 2 aliphatic heterocycles. The zero-order valence-corrected chi connectivity index (χ0v) is 20.5. The van der Waals surface area contributed by atoms with Gasteiger partial charge < -0.3 is 24.6 Å². The van der Waals surface area contributed by atoms with Crippen LogP contribution in [0.25, 0.3) is 0 Å². The van der Waals surface area contributed by atoms with Gasteiger partial charge in [0.1, 0.15) is 0 Å². The van der Waals surface area contributed by atoms with Crippen LogP contribution in [0.3, 0.4) is 0 Å². The molecule has 1 aromatic rings. The summed E-state index contributed by atoms with van der Waals surface area (Å²) in [5.41, 5.74) is 0. The van der Waals surface area contributed by atoms with Crippen LogP contribution in [0, 0.1) is 5.92 Å². The minimum absolute atomic E-state index is 0. The maximum atomic E-state index is 5.69. The molecule has 1 unspecified atom stereocenters. The van der Waals surface area contributed by atoms with Gasteiger partial charge in [-0.3, -0.25) is 9.89 Å². The number of nitrogens with zero attached hydrogens (tertiary/aromatic N) is 6. The number of hydrogen-bond donors (Lipinski definition) is 1. The van der Waals surface area contributed by atoms with Crippen molar-refractivity contribution in [3.8, 4) is 0 Å². The number of piperazine rings is 1. The van der Waals surface area contributed by atoms with Crippen LogP contribution in [0.1, 0.15) is 6.42 Å². The lowest BCUT2D eigenvalue weighted by atomic mass is 10.1. The second-order valence-corrected chi connectivity index (χ2v) is 7.52. The Labute approximate surface area is 197 Å². The zero-order valence-electron chi connectivity index (χ0n) is 18.2. The summed E-state index contributed by atoms with van der Waals surface area (Å²) in [6.45, 7) is 10.1. The highest BCUT2D eigenvalue weighted by atomic mass is 127. The molecule has 1 aromatic heterocycles. The van der Waals surface area contributed by atoms with Crippen LogP contribution in [0.15, 0.2) is 23.5 Å². The van der Waals surface area contributed by atoms with Gasteiger partial charge in [0.05, 0.1) is 19.8 Å². The van der Waals surface area contributed by atoms with Gasteiger partial charge in [0.2, 0.25) is 5.95 Å². The van der Waals surface area contributed by atoms with Crippen molar-refractivity contribution in [3.63, 3.8) is 0 Å². The first-order chi connectivity index (χ1) is 14.3. The van der Waals surface area contributed by atoms with Crippen LogP contribution in [0.5, 0.6) is 0 Å². The van der Waals surface area contributed by atoms with E-state index in [9.17, 15) is 0 Å². The van der Waals surface area contributed by atoms with Crippen LogP contribution >= 0.6 is 24.0 Å². The fraction of sp³-hybridized carbons (Fsp3) is 0.750. The van der Waals surface area contributed by atoms with Crippen LogP contribution in [0.4, 0.5) is 5.95 Å². The molecule has 0 aromatic carbocycles. The maximum Gasteiger partial charge on any atom is 0.225 e. The van der Waals surface area contributed by atoms with Crippen molar-refractivity contribution in [2.75, 3.05) is 91.2 Å². The largest absolute Gasteiger partial charge is 0.382 e. The Hall–Kier alpha value is -1.24. The molecular weight excluding hydrogens is 497 g/mol. The van der Waals surface area contributed by atoms with E-state index in [1.54, 1.807) is 19.5 Å². The number of anilines is 1. The standard InChI is InChI=1S/C20H35N7O2.HI/c1-21-19(27-8-4-18(16-27)17-29-15-14-28-2)24-7-9-25-10-12-26(13-11-25)20-22-5-3-6-23-20;/h3,5-6,18H,4,7-17H2,1-2H3,(H,21,24);1H. The predicted molar refractivity (Wildman–Crippen MR) is 130 cm³/mol. The molecule has 1 N–H and O–H groups in total. The van der Waals surface area contributed by atoms with E-state index in [-0.39, 0.29) is 24.0 Å². The summed E-state index contributed by atoms with van der Waals surface area (Å²) in [6, 6.07) is 1.86. The molecule has 0 bridgehead atoms. The molecule has 0 aliphatic carbocycles. The number of likely N-dealkylation sites (tertiary alicyclic amines) is 1. The van der Waals surface area contributed by atoms with Gasteiger partial charge in [-0.15, -0.1) is 24.0 Å². The number of halogens is 1. The quantitative estimate of drug-likeness (QED) is 0.216. The molecule has 1 atom stereocenters. The van der Waals surface area contributed by atoms with E-state index < -0.39 is 0 Å². The third-order valence-corrected chi connectivity index (χ3v) is 5.50. The maximum absolute atomic E-state index is 5.69. The van der Waals surface area contributed by atoms with Gasteiger partial charge in [-0.2, -0.15) is 0 Å². The summed E-state index contributed by atoms with van der Waals surface area (Å²) in [5.74, 6) is 2.40. The normalized spacial score (nSPS) is 20.3. The summed E-state index contributed by atoms with van der Waals surface area (Å²) in [4.78, 5) is 20.3.